The van der Waals surface area contributed by atoms with E-state index >= 15 is 0 Å². The molecule has 0 amide bonds. The number of hydrogen-bond acceptors (Lipinski definition) is 3. The van der Waals surface area contributed by atoms with Gasteiger partial charge in [-0.15, -0.1) is 0 Å². The van der Waals surface area contributed by atoms with Crippen molar-refractivity contribution in [1.82, 2.24) is 3.95 Å². The van der Waals surface area contributed by atoms with E-state index in [9.17, 15) is 0 Å². The van der Waals surface area contributed by atoms with Crippen molar-refractivity contribution in [3.05, 3.63) is 69.3 Å². The van der Waals surface area contributed by atoms with Crippen molar-refractivity contribution < 1.29 is 10.3 Å². The molecule has 0 heterocycles. The number of aryl methyl sites for hydroxylation is 2. The van der Waals surface area contributed by atoms with Crippen LogP contribution in [0.4, 0.5) is 0 Å². The number of halogens is 2. The standard InChI is InChI=1S/C27H42N3.2BrH.Co/c1-16(2)21-12-22(17(3)4)27(23(13-21)18(5)6)25(29)15-30-14-24(28)26-19(7)10-9-11-20(26)8;;;/h9-13,16-18,24-25H,14-15,28-29H2,1-8H3;2*1H;/q-1;;;+3/p-2. The molecule has 2 aromatic rings. The van der Waals surface area contributed by atoms with Crippen molar-refractivity contribution in [2.45, 2.75) is 85.2 Å². The maximum absolute atomic E-state index is 7.00. The molecule has 2 aromatic carbocycles. The van der Waals surface area contributed by atoms with Crippen LogP contribution in [0.15, 0.2) is 30.3 Å². The third kappa shape index (κ3) is 7.39. The Morgan fingerprint density at radius 1 is 0.758 bits per heavy atom. The van der Waals surface area contributed by atoms with Crippen molar-refractivity contribution in [3.8, 4) is 0 Å². The quantitative estimate of drug-likeness (QED) is 0.283. The van der Waals surface area contributed by atoms with Gasteiger partial charge < -0.3 is 0 Å². The SMILES string of the molecule is Cc1cccc(C)c1C(N)C[N](CC(N)c1c(C(C)C)cc(C(C)C)cc1C(C)C)[Co]([Br])[Br]. The monoisotopic (exact) mass is 625 g/mol. The number of nitrogens with zero attached hydrogens (tertiary/aromatic N) is 1. The third-order valence-electron chi connectivity index (χ3n) is 6.39. The van der Waals surface area contributed by atoms with E-state index in [0.29, 0.717) is 17.8 Å². The first kappa shape index (κ1) is 29.0. The summed E-state index contributed by atoms with van der Waals surface area (Å²) in [6, 6.07) is 11.0. The second kappa shape index (κ2) is 12.7. The van der Waals surface area contributed by atoms with E-state index in [2.05, 4.69) is 118 Å². The summed E-state index contributed by atoms with van der Waals surface area (Å²) in [4.78, 5) is 0. The van der Waals surface area contributed by atoms with Crippen molar-refractivity contribution in [3.63, 3.8) is 0 Å². The van der Waals surface area contributed by atoms with E-state index in [1.54, 1.807) is 0 Å². The fourth-order valence-corrected chi connectivity index (χ4v) is 6.90. The third-order valence-corrected chi connectivity index (χ3v) is 10.0. The second-order valence-electron chi connectivity index (χ2n) is 10.1. The molecule has 0 aliphatic rings. The van der Waals surface area contributed by atoms with E-state index in [1.165, 1.54) is 38.9 Å². The molecule has 6 heteroatoms. The molecule has 3 nitrogen and oxygen atoms in total. The first-order valence-electron chi connectivity index (χ1n) is 11.8. The summed E-state index contributed by atoms with van der Waals surface area (Å²) in [5, 5.41) is 0. The summed E-state index contributed by atoms with van der Waals surface area (Å²) in [6.07, 6.45) is 0. The predicted molar refractivity (Wildman–Crippen MR) is 148 cm³/mol. The van der Waals surface area contributed by atoms with Crippen LogP contribution >= 0.6 is 28.3 Å². The van der Waals surface area contributed by atoms with Gasteiger partial charge >= 0.3 is 222 Å². The molecule has 2 unspecified atom stereocenters. The van der Waals surface area contributed by atoms with E-state index in [0.717, 1.165) is 13.1 Å². The molecule has 4 N–H and O–H groups in total. The summed E-state index contributed by atoms with van der Waals surface area (Å²) in [5.41, 5.74) is 22.9. The summed E-state index contributed by atoms with van der Waals surface area (Å²) in [7, 11) is -0.672. The van der Waals surface area contributed by atoms with Gasteiger partial charge in [0.1, 0.15) is 0 Å². The molecule has 0 bridgehead atoms. The van der Waals surface area contributed by atoms with Crippen LogP contribution in [0, 0.1) is 13.8 Å². The minimum atomic E-state index is -0.672. The zero-order valence-electron chi connectivity index (χ0n) is 21.4. The Morgan fingerprint density at radius 2 is 1.18 bits per heavy atom. The van der Waals surface area contributed by atoms with Crippen LogP contribution in [-0.4, -0.2) is 17.0 Å². The Morgan fingerprint density at radius 3 is 1.55 bits per heavy atom. The van der Waals surface area contributed by atoms with Gasteiger partial charge in [-0.3, -0.25) is 0 Å². The van der Waals surface area contributed by atoms with Gasteiger partial charge in [0.15, 0.2) is 0 Å². The van der Waals surface area contributed by atoms with E-state index in [-0.39, 0.29) is 12.1 Å². The molecule has 0 saturated heterocycles. The fourth-order valence-electron chi connectivity index (χ4n) is 4.61. The molecule has 0 aliphatic heterocycles. The summed E-state index contributed by atoms with van der Waals surface area (Å²) >= 11 is 7.60. The molecule has 2 rings (SSSR count). The van der Waals surface area contributed by atoms with E-state index < -0.39 is 10.3 Å². The normalized spacial score (nSPS) is 14.5. The molecular formula is C27H42Br2CoN3. The molecule has 188 valence electrons. The minimum absolute atomic E-state index is 0.0738. The molecule has 0 spiro atoms. The first-order chi connectivity index (χ1) is 15.3. The molecule has 0 saturated carbocycles. The summed E-state index contributed by atoms with van der Waals surface area (Å²) in [6.45, 7) is 19.4. The van der Waals surface area contributed by atoms with Gasteiger partial charge in [-0.25, -0.2) is 0 Å². The van der Waals surface area contributed by atoms with Crippen molar-refractivity contribution in [2.75, 3.05) is 13.1 Å². The molecule has 0 fully saturated rings. The van der Waals surface area contributed by atoms with Gasteiger partial charge in [-0.2, -0.15) is 0 Å². The fraction of sp³-hybridized carbons (Fsp3) is 0.556. The van der Waals surface area contributed by atoms with Gasteiger partial charge in [-0.1, -0.05) is 0 Å². The average molecular weight is 627 g/mol. The van der Waals surface area contributed by atoms with Crippen molar-refractivity contribution >= 4 is 28.3 Å². The van der Waals surface area contributed by atoms with Crippen LogP contribution in [0.5, 0.6) is 0 Å². The maximum atomic E-state index is 7.00. The first-order valence-corrected chi connectivity index (χ1v) is 17.4. The Bertz CT molecular complexity index is 878. The number of nitrogens with two attached hydrogens (primary N) is 2. The average Bonchev–Trinajstić information content (AvgIpc) is 2.71. The van der Waals surface area contributed by atoms with Crippen molar-refractivity contribution in [1.29, 1.82) is 0 Å². The van der Waals surface area contributed by atoms with Gasteiger partial charge in [0.25, 0.3) is 0 Å². The Hall–Kier alpha value is -0.214. The Labute approximate surface area is 220 Å². The molecule has 33 heavy (non-hydrogen) atoms. The van der Waals surface area contributed by atoms with Crippen LogP contribution in [0.1, 0.15) is 110 Å². The van der Waals surface area contributed by atoms with Crippen LogP contribution in [0.2, 0.25) is 0 Å². The van der Waals surface area contributed by atoms with Crippen LogP contribution in [0.25, 0.3) is 0 Å². The van der Waals surface area contributed by atoms with Gasteiger partial charge in [0.2, 0.25) is 0 Å². The van der Waals surface area contributed by atoms with Crippen molar-refractivity contribution in [2.24, 2.45) is 11.5 Å². The molecular weight excluding hydrogens is 585 g/mol. The topological polar surface area (TPSA) is 55.3 Å². The molecule has 0 aliphatic carbocycles. The molecule has 2 atom stereocenters. The predicted octanol–water partition coefficient (Wildman–Crippen LogP) is 7.83. The van der Waals surface area contributed by atoms with Crippen LogP contribution < -0.4 is 11.5 Å². The number of hydrogen-bond donors (Lipinski definition) is 2. The number of benzene rings is 2. The van der Waals surface area contributed by atoms with E-state index in [1.807, 2.05) is 0 Å². The summed E-state index contributed by atoms with van der Waals surface area (Å²) < 4.78 is 2.36. The zero-order valence-corrected chi connectivity index (χ0v) is 25.6. The second-order valence-corrected chi connectivity index (χ2v) is 18.3. The summed E-state index contributed by atoms with van der Waals surface area (Å²) in [5.74, 6) is 1.33. The van der Waals surface area contributed by atoms with Crippen LogP contribution in [0.3, 0.4) is 0 Å². The van der Waals surface area contributed by atoms with Crippen LogP contribution in [-0.2, 0) is 10.3 Å². The van der Waals surface area contributed by atoms with Gasteiger partial charge in [-0.05, 0) is 0 Å². The van der Waals surface area contributed by atoms with Gasteiger partial charge in [0, 0.05) is 0 Å². The molecule has 0 aromatic heterocycles. The van der Waals surface area contributed by atoms with E-state index in [4.69, 9.17) is 11.5 Å². The Balaban J connectivity index is 2.41. The number of rotatable bonds is 10. The zero-order chi connectivity index (χ0) is 25.0. The Kier molecular flexibility index (Phi) is 11.1. The molecule has 0 radical (unpaired) electrons. The van der Waals surface area contributed by atoms with Gasteiger partial charge in [0.05, 0.1) is 0 Å².